The van der Waals surface area contributed by atoms with Crippen molar-refractivity contribution in [1.29, 1.82) is 0 Å². The van der Waals surface area contributed by atoms with Crippen LogP contribution in [0.3, 0.4) is 0 Å². The van der Waals surface area contributed by atoms with Crippen molar-refractivity contribution in [2.45, 2.75) is 19.4 Å². The molecule has 0 aromatic heterocycles. The van der Waals surface area contributed by atoms with E-state index in [0.717, 1.165) is 5.56 Å². The Hall–Kier alpha value is -2.08. The van der Waals surface area contributed by atoms with Crippen LogP contribution in [0.15, 0.2) is 24.3 Å². The van der Waals surface area contributed by atoms with Crippen LogP contribution >= 0.6 is 0 Å². The van der Waals surface area contributed by atoms with E-state index >= 15 is 0 Å². The molecule has 114 valence electrons. The lowest BCUT2D eigenvalue weighted by Crippen LogP contribution is -2.36. The summed E-state index contributed by atoms with van der Waals surface area (Å²) in [6, 6.07) is 7.31. The Morgan fingerprint density at radius 3 is 2.71 bits per heavy atom. The van der Waals surface area contributed by atoms with Gasteiger partial charge in [0.15, 0.2) is 0 Å². The Bertz CT molecular complexity index is 525. The van der Waals surface area contributed by atoms with Crippen molar-refractivity contribution >= 4 is 11.9 Å². The van der Waals surface area contributed by atoms with E-state index in [4.69, 9.17) is 14.6 Å². The highest BCUT2D eigenvalue weighted by atomic mass is 16.5. The number of hydrogen-bond acceptors (Lipinski definition) is 4. The number of benzene rings is 1. The van der Waals surface area contributed by atoms with Crippen LogP contribution in [0.5, 0.6) is 5.75 Å². The zero-order chi connectivity index (χ0) is 15.3. The van der Waals surface area contributed by atoms with Crippen LogP contribution in [-0.4, -0.2) is 37.3 Å². The van der Waals surface area contributed by atoms with Gasteiger partial charge in [-0.05, 0) is 30.5 Å². The quantitative estimate of drug-likeness (QED) is 0.555. The van der Waals surface area contributed by atoms with Gasteiger partial charge in [-0.1, -0.05) is 12.1 Å². The molecule has 1 aliphatic carbocycles. The van der Waals surface area contributed by atoms with E-state index < -0.39 is 17.3 Å². The molecule has 2 N–H and O–H groups in total. The molecular weight excluding hydrogens is 274 g/mol. The molecule has 0 spiro atoms. The third-order valence-electron chi connectivity index (χ3n) is 3.50. The van der Waals surface area contributed by atoms with Gasteiger partial charge in [0.05, 0.1) is 6.61 Å². The number of carbonyl (C=O) groups excluding carboxylic acids is 1. The molecule has 0 aliphatic heterocycles. The zero-order valence-electron chi connectivity index (χ0n) is 11.9. The van der Waals surface area contributed by atoms with Crippen molar-refractivity contribution < 1.29 is 24.2 Å². The van der Waals surface area contributed by atoms with Crippen LogP contribution in [0.4, 0.5) is 0 Å². The fraction of sp³-hybridized carbons (Fsp3) is 0.467. The summed E-state index contributed by atoms with van der Waals surface area (Å²) in [6.45, 7) is 1.24. The molecule has 1 saturated carbocycles. The van der Waals surface area contributed by atoms with Crippen LogP contribution in [0.25, 0.3) is 0 Å². The van der Waals surface area contributed by atoms with E-state index in [-0.39, 0.29) is 6.54 Å². The fourth-order valence-electron chi connectivity index (χ4n) is 2.00. The van der Waals surface area contributed by atoms with E-state index in [1.165, 1.54) is 0 Å². The second-order valence-electron chi connectivity index (χ2n) is 5.06. The minimum atomic E-state index is -1.20. The molecule has 1 aromatic rings. The first-order chi connectivity index (χ1) is 10.1. The average Bonchev–Trinajstić information content (AvgIpc) is 3.27. The Kier molecular flexibility index (Phi) is 4.80. The number of nitrogens with one attached hydrogen (secondary N) is 1. The highest BCUT2D eigenvalue weighted by Gasteiger charge is 2.56. The van der Waals surface area contributed by atoms with Crippen molar-refractivity contribution in [2.24, 2.45) is 5.41 Å². The van der Waals surface area contributed by atoms with Crippen molar-refractivity contribution in [1.82, 2.24) is 5.32 Å². The Balaban J connectivity index is 1.87. The molecule has 2 rings (SSSR count). The molecule has 0 bridgehead atoms. The number of carbonyl (C=O) groups is 2. The van der Waals surface area contributed by atoms with Crippen molar-refractivity contribution in [2.75, 3.05) is 20.3 Å². The number of methoxy groups -OCH3 is 1. The smallest absolute Gasteiger partial charge is 0.319 e. The van der Waals surface area contributed by atoms with Crippen LogP contribution in [0, 0.1) is 5.41 Å². The van der Waals surface area contributed by atoms with Crippen molar-refractivity contribution in [3.8, 4) is 5.75 Å². The van der Waals surface area contributed by atoms with Crippen molar-refractivity contribution in [3.05, 3.63) is 29.8 Å². The van der Waals surface area contributed by atoms with E-state index in [9.17, 15) is 9.59 Å². The monoisotopic (exact) mass is 293 g/mol. The standard InChI is InChI=1S/C15H19NO5/c1-20-7-8-21-12-4-2-3-11(9-12)10-16-13(17)15(5-6-15)14(18)19/h2-4,9H,5-8,10H2,1H3,(H,16,17)(H,18,19). The Morgan fingerprint density at radius 2 is 2.10 bits per heavy atom. The highest BCUT2D eigenvalue weighted by Crippen LogP contribution is 2.46. The lowest BCUT2D eigenvalue weighted by Gasteiger charge is -2.12. The molecule has 1 aliphatic rings. The van der Waals surface area contributed by atoms with Gasteiger partial charge in [0.25, 0.3) is 0 Å². The molecule has 1 amide bonds. The zero-order valence-corrected chi connectivity index (χ0v) is 11.9. The maximum absolute atomic E-state index is 11.9. The van der Waals surface area contributed by atoms with Gasteiger partial charge in [0.1, 0.15) is 17.8 Å². The molecule has 1 fully saturated rings. The lowest BCUT2D eigenvalue weighted by atomic mass is 10.1. The normalized spacial score (nSPS) is 15.3. The van der Waals surface area contributed by atoms with Gasteiger partial charge in [-0.3, -0.25) is 9.59 Å². The number of ether oxygens (including phenoxy) is 2. The van der Waals surface area contributed by atoms with Crippen LogP contribution in [0.2, 0.25) is 0 Å². The van der Waals surface area contributed by atoms with Gasteiger partial charge in [-0.15, -0.1) is 0 Å². The summed E-state index contributed by atoms with van der Waals surface area (Å²) in [7, 11) is 1.60. The van der Waals surface area contributed by atoms with Gasteiger partial charge in [0.2, 0.25) is 5.91 Å². The van der Waals surface area contributed by atoms with Gasteiger partial charge >= 0.3 is 5.97 Å². The minimum Gasteiger partial charge on any atom is -0.491 e. The largest absolute Gasteiger partial charge is 0.491 e. The molecule has 0 radical (unpaired) electrons. The summed E-state index contributed by atoms with van der Waals surface area (Å²) in [6.07, 6.45) is 0.822. The second-order valence-corrected chi connectivity index (χ2v) is 5.06. The van der Waals surface area contributed by atoms with Crippen LogP contribution in [0.1, 0.15) is 18.4 Å². The second kappa shape index (κ2) is 6.58. The number of amides is 1. The Morgan fingerprint density at radius 1 is 1.33 bits per heavy atom. The summed E-state index contributed by atoms with van der Waals surface area (Å²) >= 11 is 0. The molecule has 0 atom stereocenters. The fourth-order valence-corrected chi connectivity index (χ4v) is 2.00. The average molecular weight is 293 g/mol. The number of carboxylic acid groups (broad SMARTS) is 1. The third-order valence-corrected chi connectivity index (χ3v) is 3.50. The first kappa shape index (κ1) is 15.3. The van der Waals surface area contributed by atoms with Gasteiger partial charge in [0, 0.05) is 13.7 Å². The van der Waals surface area contributed by atoms with Gasteiger partial charge < -0.3 is 19.9 Å². The van der Waals surface area contributed by atoms with E-state index in [0.29, 0.717) is 31.8 Å². The predicted octanol–water partition coefficient (Wildman–Crippen LogP) is 1.19. The summed E-state index contributed by atoms with van der Waals surface area (Å²) < 4.78 is 10.4. The maximum atomic E-state index is 11.9. The maximum Gasteiger partial charge on any atom is 0.319 e. The minimum absolute atomic E-state index is 0.287. The van der Waals surface area contributed by atoms with E-state index in [1.54, 1.807) is 7.11 Å². The van der Waals surface area contributed by atoms with Gasteiger partial charge in [-0.2, -0.15) is 0 Å². The van der Waals surface area contributed by atoms with Crippen molar-refractivity contribution in [3.63, 3.8) is 0 Å². The summed E-state index contributed by atoms with van der Waals surface area (Å²) in [5.74, 6) is -0.768. The molecule has 0 saturated heterocycles. The summed E-state index contributed by atoms with van der Waals surface area (Å²) in [5.41, 5.74) is -0.341. The highest BCUT2D eigenvalue weighted by molar-refractivity contribution is 6.04. The summed E-state index contributed by atoms with van der Waals surface area (Å²) in [5, 5.41) is 11.7. The first-order valence-electron chi connectivity index (χ1n) is 6.81. The molecule has 21 heavy (non-hydrogen) atoms. The molecule has 6 nitrogen and oxygen atoms in total. The molecule has 6 heteroatoms. The number of aliphatic carboxylic acids is 1. The Labute approximate surface area is 123 Å². The number of hydrogen-bond donors (Lipinski definition) is 2. The molecule has 0 heterocycles. The predicted molar refractivity (Wildman–Crippen MR) is 75.0 cm³/mol. The van der Waals surface area contributed by atoms with Crippen LogP contribution < -0.4 is 10.1 Å². The molecular formula is C15H19NO5. The van der Waals surface area contributed by atoms with E-state index in [1.807, 2.05) is 24.3 Å². The van der Waals surface area contributed by atoms with Gasteiger partial charge in [-0.25, -0.2) is 0 Å². The number of rotatable bonds is 8. The molecule has 0 unspecified atom stereocenters. The molecule has 1 aromatic carbocycles. The SMILES string of the molecule is COCCOc1cccc(CNC(=O)C2(C(=O)O)CC2)c1. The first-order valence-corrected chi connectivity index (χ1v) is 6.81. The summed E-state index contributed by atoms with van der Waals surface area (Å²) in [4.78, 5) is 22.9. The third kappa shape index (κ3) is 3.72. The lowest BCUT2D eigenvalue weighted by molar-refractivity contribution is -0.149. The van der Waals surface area contributed by atoms with E-state index in [2.05, 4.69) is 5.32 Å². The van der Waals surface area contributed by atoms with Crippen LogP contribution in [-0.2, 0) is 20.9 Å². The topological polar surface area (TPSA) is 84.9 Å². The number of carboxylic acids is 1.